The minimum absolute atomic E-state index is 0.0988. The number of rotatable bonds is 1. The van der Waals surface area contributed by atoms with Gasteiger partial charge in [0.2, 0.25) is 0 Å². The first-order valence-electron chi connectivity index (χ1n) is 2.11. The predicted molar refractivity (Wildman–Crippen MR) is 32.6 cm³/mol. The van der Waals surface area contributed by atoms with Gasteiger partial charge in [-0.3, -0.25) is 10.1 Å². The highest BCUT2D eigenvalue weighted by Gasteiger charge is 2.11. The summed E-state index contributed by atoms with van der Waals surface area (Å²) in [6, 6.07) is 0. The minimum atomic E-state index is -0.550. The zero-order chi connectivity index (χ0) is 6.85. The van der Waals surface area contributed by atoms with Gasteiger partial charge in [-0.1, -0.05) is 0 Å². The van der Waals surface area contributed by atoms with Crippen LogP contribution >= 0.6 is 12.6 Å². The Bertz CT molecular complexity index is 231. The smallest absolute Gasteiger partial charge is 0.320 e. The molecular weight excluding hydrogens is 142 g/mol. The van der Waals surface area contributed by atoms with Crippen LogP contribution in [0.4, 0.5) is 5.69 Å². The summed E-state index contributed by atoms with van der Waals surface area (Å²) in [5.41, 5.74) is -0.0988. The number of hydrogen-bond donors (Lipinski definition) is 1. The molecule has 0 unspecified atom stereocenters. The molecule has 0 aliphatic heterocycles. The second kappa shape index (κ2) is 2.10. The summed E-state index contributed by atoms with van der Waals surface area (Å²) in [7, 11) is 0. The Kier molecular flexibility index (Phi) is 1.44. The van der Waals surface area contributed by atoms with E-state index in [9.17, 15) is 10.1 Å². The lowest BCUT2D eigenvalue weighted by atomic mass is 10.5. The van der Waals surface area contributed by atoms with Crippen molar-refractivity contribution in [2.75, 3.05) is 0 Å². The average molecular weight is 145 g/mol. The van der Waals surface area contributed by atoms with Crippen LogP contribution in [0.5, 0.6) is 0 Å². The van der Waals surface area contributed by atoms with Crippen LogP contribution in [-0.2, 0) is 0 Å². The number of hydrogen-bond acceptors (Lipinski definition) is 4. The molecule has 4 nitrogen and oxygen atoms in total. The van der Waals surface area contributed by atoms with Gasteiger partial charge in [-0.05, 0) is 0 Å². The van der Waals surface area contributed by atoms with Crippen molar-refractivity contribution in [3.63, 3.8) is 0 Å². The van der Waals surface area contributed by atoms with Crippen molar-refractivity contribution < 1.29 is 9.34 Å². The molecular formula is C4H3NO3S. The first kappa shape index (κ1) is 6.15. The quantitative estimate of drug-likeness (QED) is 0.370. The van der Waals surface area contributed by atoms with Gasteiger partial charge >= 0.3 is 5.69 Å². The topological polar surface area (TPSA) is 56.3 Å². The van der Waals surface area contributed by atoms with E-state index in [-0.39, 0.29) is 10.6 Å². The van der Waals surface area contributed by atoms with E-state index in [1.54, 1.807) is 0 Å². The Balaban J connectivity index is 3.08. The number of nitrogens with zero attached hydrogens (tertiary/aromatic N) is 1. The maximum absolute atomic E-state index is 9.98. The van der Waals surface area contributed by atoms with Crippen molar-refractivity contribution in [1.29, 1.82) is 0 Å². The van der Waals surface area contributed by atoms with Crippen LogP contribution in [0.2, 0.25) is 0 Å². The maximum Gasteiger partial charge on any atom is 0.320 e. The highest BCUT2D eigenvalue weighted by Crippen LogP contribution is 2.21. The van der Waals surface area contributed by atoms with E-state index in [1.165, 1.54) is 6.26 Å². The molecule has 1 rings (SSSR count). The Hall–Kier alpha value is -0.970. The van der Waals surface area contributed by atoms with E-state index in [1.807, 2.05) is 0 Å². The molecule has 0 atom stereocenters. The fourth-order valence-electron chi connectivity index (χ4n) is 0.420. The second-order valence-electron chi connectivity index (χ2n) is 1.40. The molecule has 0 aromatic carbocycles. The normalized spacial score (nSPS) is 9.44. The fourth-order valence-corrected chi connectivity index (χ4v) is 0.615. The summed E-state index contributed by atoms with van der Waals surface area (Å²) in [5, 5.41) is 9.98. The van der Waals surface area contributed by atoms with E-state index in [4.69, 9.17) is 0 Å². The van der Waals surface area contributed by atoms with Crippen LogP contribution in [-0.4, -0.2) is 4.92 Å². The summed E-state index contributed by atoms with van der Waals surface area (Å²) < 4.78 is 4.49. The SMILES string of the molecule is O=[N+]([O-])c1cocc1S. The zero-order valence-corrected chi connectivity index (χ0v) is 5.17. The molecule has 48 valence electrons. The van der Waals surface area contributed by atoms with Gasteiger partial charge in [0.05, 0.1) is 4.92 Å². The second-order valence-corrected chi connectivity index (χ2v) is 1.88. The third-order valence-electron chi connectivity index (χ3n) is 0.818. The van der Waals surface area contributed by atoms with E-state index in [0.29, 0.717) is 0 Å². The first-order chi connectivity index (χ1) is 4.22. The lowest BCUT2D eigenvalue weighted by Crippen LogP contribution is -1.84. The lowest BCUT2D eigenvalue weighted by Gasteiger charge is -1.81. The van der Waals surface area contributed by atoms with Gasteiger partial charge in [0, 0.05) is 0 Å². The molecule has 0 bridgehead atoms. The van der Waals surface area contributed by atoms with Gasteiger partial charge in [0.1, 0.15) is 11.2 Å². The van der Waals surface area contributed by atoms with E-state index < -0.39 is 4.92 Å². The standard InChI is InChI=1S/C4H3NO3S/c6-5(7)3-1-8-2-4(3)9/h1-2,9H. The molecule has 0 fully saturated rings. The molecule has 0 spiro atoms. The van der Waals surface area contributed by atoms with Crippen LogP contribution in [0.25, 0.3) is 0 Å². The minimum Gasteiger partial charge on any atom is -0.464 e. The van der Waals surface area contributed by atoms with Gasteiger partial charge < -0.3 is 4.42 Å². The number of furan rings is 1. The summed E-state index contributed by atoms with van der Waals surface area (Å²) in [5.74, 6) is 0. The molecule has 0 aliphatic rings. The Morgan fingerprint density at radius 3 is 2.56 bits per heavy atom. The molecule has 0 radical (unpaired) electrons. The molecule has 0 aliphatic carbocycles. The third-order valence-corrected chi connectivity index (χ3v) is 1.15. The van der Waals surface area contributed by atoms with Gasteiger partial charge in [-0.2, -0.15) is 0 Å². The molecule has 5 heteroatoms. The zero-order valence-electron chi connectivity index (χ0n) is 4.27. The molecule has 1 aromatic rings. The van der Waals surface area contributed by atoms with Crippen molar-refractivity contribution in [3.8, 4) is 0 Å². The van der Waals surface area contributed by atoms with Crippen molar-refractivity contribution in [2.24, 2.45) is 0 Å². The van der Waals surface area contributed by atoms with Crippen LogP contribution in [0, 0.1) is 10.1 Å². The largest absolute Gasteiger partial charge is 0.464 e. The summed E-state index contributed by atoms with van der Waals surface area (Å²) in [6.07, 6.45) is 2.25. The third kappa shape index (κ3) is 1.05. The van der Waals surface area contributed by atoms with Gasteiger partial charge in [0.25, 0.3) is 0 Å². The molecule has 0 saturated carbocycles. The van der Waals surface area contributed by atoms with Gasteiger partial charge in [-0.15, -0.1) is 12.6 Å². The van der Waals surface area contributed by atoms with Crippen molar-refractivity contribution >= 4 is 18.3 Å². The van der Waals surface area contributed by atoms with E-state index >= 15 is 0 Å². The van der Waals surface area contributed by atoms with Crippen LogP contribution in [0.1, 0.15) is 0 Å². The van der Waals surface area contributed by atoms with Crippen LogP contribution in [0.3, 0.4) is 0 Å². The van der Waals surface area contributed by atoms with Crippen molar-refractivity contribution in [2.45, 2.75) is 4.90 Å². The molecule has 0 amide bonds. The lowest BCUT2D eigenvalue weighted by molar-refractivity contribution is -0.387. The molecule has 0 N–H and O–H groups in total. The van der Waals surface area contributed by atoms with Gasteiger partial charge in [0.15, 0.2) is 6.26 Å². The predicted octanol–water partition coefficient (Wildman–Crippen LogP) is 1.48. The Labute approximate surface area is 56.0 Å². The first-order valence-corrected chi connectivity index (χ1v) is 2.56. The van der Waals surface area contributed by atoms with Crippen LogP contribution < -0.4 is 0 Å². The van der Waals surface area contributed by atoms with Crippen molar-refractivity contribution in [3.05, 3.63) is 22.6 Å². The average Bonchev–Trinajstić information content (AvgIpc) is 2.13. The Morgan fingerprint density at radius 1 is 1.67 bits per heavy atom. The van der Waals surface area contributed by atoms with Crippen LogP contribution in [0.15, 0.2) is 21.8 Å². The van der Waals surface area contributed by atoms with E-state index in [0.717, 1.165) is 6.26 Å². The molecule has 1 heterocycles. The van der Waals surface area contributed by atoms with Crippen molar-refractivity contribution in [1.82, 2.24) is 0 Å². The number of thiol groups is 1. The van der Waals surface area contributed by atoms with E-state index in [2.05, 4.69) is 17.0 Å². The fraction of sp³-hybridized carbons (Fsp3) is 0. The van der Waals surface area contributed by atoms with Gasteiger partial charge in [-0.25, -0.2) is 0 Å². The highest BCUT2D eigenvalue weighted by molar-refractivity contribution is 7.80. The number of nitro groups is 1. The summed E-state index contributed by atoms with van der Waals surface area (Å²) in [4.78, 5) is 9.68. The monoisotopic (exact) mass is 145 g/mol. The summed E-state index contributed by atoms with van der Waals surface area (Å²) in [6.45, 7) is 0. The maximum atomic E-state index is 9.98. The summed E-state index contributed by atoms with van der Waals surface area (Å²) >= 11 is 3.75. The Morgan fingerprint density at radius 2 is 2.33 bits per heavy atom. The molecule has 0 saturated heterocycles. The molecule has 9 heavy (non-hydrogen) atoms. The molecule has 1 aromatic heterocycles. The highest BCUT2D eigenvalue weighted by atomic mass is 32.1.